The molecule has 1 rings (SSSR count). The zero-order valence-electron chi connectivity index (χ0n) is 10.1. The molecular weight excluding hydrogens is 245 g/mol. The molecule has 0 aromatic heterocycles. The molecule has 0 heterocycles. The predicted octanol–water partition coefficient (Wildman–Crippen LogP) is 1.98. The molecule has 0 fully saturated rings. The van der Waals surface area contributed by atoms with Gasteiger partial charge in [0, 0.05) is 0 Å². The van der Waals surface area contributed by atoms with Crippen LogP contribution in [0.3, 0.4) is 0 Å². The summed E-state index contributed by atoms with van der Waals surface area (Å²) in [7, 11) is 0. The number of primary amides is 1. The lowest BCUT2D eigenvalue weighted by atomic mass is 10.0. The summed E-state index contributed by atoms with van der Waals surface area (Å²) in [6.45, 7) is 2.44. The average molecular weight is 260 g/mol. The fourth-order valence-corrected chi connectivity index (χ4v) is 1.54. The average Bonchev–Trinajstić information content (AvgIpc) is 2.21. The van der Waals surface area contributed by atoms with E-state index in [9.17, 15) is 18.0 Å². The van der Waals surface area contributed by atoms with Crippen molar-refractivity contribution >= 4 is 5.91 Å². The lowest BCUT2D eigenvalue weighted by molar-refractivity contribution is -0.130. The van der Waals surface area contributed by atoms with E-state index in [0.717, 1.165) is 11.1 Å². The van der Waals surface area contributed by atoms with Crippen LogP contribution in [-0.2, 0) is 4.79 Å². The number of aryl methyl sites for hydroxylation is 2. The first-order valence-corrected chi connectivity index (χ1v) is 5.37. The zero-order chi connectivity index (χ0) is 13.9. The van der Waals surface area contributed by atoms with E-state index < -0.39 is 24.7 Å². The van der Waals surface area contributed by atoms with Gasteiger partial charge in [-0.25, -0.2) is 0 Å². The molecule has 0 aliphatic heterocycles. The largest absolute Gasteiger partial charge is 0.401 e. The number of hydrogen-bond acceptors (Lipinski definition) is 2. The maximum absolute atomic E-state index is 12.1. The van der Waals surface area contributed by atoms with E-state index in [2.05, 4.69) is 5.32 Å². The van der Waals surface area contributed by atoms with Crippen molar-refractivity contribution in [3.63, 3.8) is 0 Å². The molecule has 1 unspecified atom stereocenters. The van der Waals surface area contributed by atoms with Crippen molar-refractivity contribution < 1.29 is 18.0 Å². The second kappa shape index (κ2) is 5.39. The monoisotopic (exact) mass is 260 g/mol. The number of hydrogen-bond donors (Lipinski definition) is 2. The van der Waals surface area contributed by atoms with E-state index in [1.807, 2.05) is 13.8 Å². The SMILES string of the molecule is Cc1ccc(C(NCC(F)(F)F)C(N)=O)cc1C. The number of alkyl halides is 3. The van der Waals surface area contributed by atoms with Gasteiger partial charge >= 0.3 is 6.18 Å². The highest BCUT2D eigenvalue weighted by Crippen LogP contribution is 2.19. The molecule has 1 aromatic rings. The van der Waals surface area contributed by atoms with Crippen LogP contribution in [-0.4, -0.2) is 18.6 Å². The molecule has 0 aliphatic carbocycles. The number of rotatable bonds is 4. The molecule has 0 saturated heterocycles. The Bertz CT molecular complexity index is 443. The third kappa shape index (κ3) is 4.03. The molecule has 0 saturated carbocycles. The second-order valence-corrected chi connectivity index (χ2v) is 4.18. The number of nitrogens with two attached hydrogens (primary N) is 1. The van der Waals surface area contributed by atoms with Crippen molar-refractivity contribution in [1.29, 1.82) is 0 Å². The van der Waals surface area contributed by atoms with Gasteiger partial charge in [0.15, 0.2) is 0 Å². The standard InChI is InChI=1S/C12H15F3N2O/c1-7-3-4-9(5-8(7)2)10(11(16)18)17-6-12(13,14)15/h3-5,10,17H,6H2,1-2H3,(H2,16,18). The van der Waals surface area contributed by atoms with E-state index in [-0.39, 0.29) is 0 Å². The quantitative estimate of drug-likeness (QED) is 0.869. The van der Waals surface area contributed by atoms with Gasteiger partial charge in [-0.05, 0) is 30.5 Å². The minimum atomic E-state index is -4.38. The van der Waals surface area contributed by atoms with Gasteiger partial charge in [-0.15, -0.1) is 0 Å². The molecule has 0 bridgehead atoms. The van der Waals surface area contributed by atoms with E-state index in [1.54, 1.807) is 18.2 Å². The van der Waals surface area contributed by atoms with Gasteiger partial charge in [-0.1, -0.05) is 18.2 Å². The minimum absolute atomic E-state index is 0.440. The molecule has 1 aromatic carbocycles. The minimum Gasteiger partial charge on any atom is -0.368 e. The van der Waals surface area contributed by atoms with Gasteiger partial charge in [-0.3, -0.25) is 10.1 Å². The van der Waals surface area contributed by atoms with Gasteiger partial charge in [0.25, 0.3) is 0 Å². The molecule has 0 radical (unpaired) electrons. The Morgan fingerprint density at radius 2 is 1.94 bits per heavy atom. The van der Waals surface area contributed by atoms with Crippen LogP contribution in [0.5, 0.6) is 0 Å². The van der Waals surface area contributed by atoms with Crippen LogP contribution in [0.25, 0.3) is 0 Å². The smallest absolute Gasteiger partial charge is 0.368 e. The Balaban J connectivity index is 2.91. The first-order valence-electron chi connectivity index (χ1n) is 5.37. The summed E-state index contributed by atoms with van der Waals surface area (Å²) in [5.41, 5.74) is 7.45. The van der Waals surface area contributed by atoms with E-state index in [0.29, 0.717) is 5.56 Å². The summed E-state index contributed by atoms with van der Waals surface area (Å²) in [6.07, 6.45) is -4.38. The molecule has 3 N–H and O–H groups in total. The summed E-state index contributed by atoms with van der Waals surface area (Å²) in [6, 6.07) is 3.87. The molecule has 0 spiro atoms. The lowest BCUT2D eigenvalue weighted by Crippen LogP contribution is -2.39. The molecule has 6 heteroatoms. The number of carbonyl (C=O) groups is 1. The first kappa shape index (κ1) is 14.5. The fraction of sp³-hybridized carbons (Fsp3) is 0.417. The Labute approximate surface area is 103 Å². The zero-order valence-corrected chi connectivity index (χ0v) is 10.1. The lowest BCUT2D eigenvalue weighted by Gasteiger charge is -2.18. The second-order valence-electron chi connectivity index (χ2n) is 4.18. The van der Waals surface area contributed by atoms with Crippen LogP contribution in [0.2, 0.25) is 0 Å². The van der Waals surface area contributed by atoms with E-state index in [1.165, 1.54) is 0 Å². The van der Waals surface area contributed by atoms with Gasteiger partial charge < -0.3 is 5.73 Å². The molecule has 1 amide bonds. The van der Waals surface area contributed by atoms with E-state index in [4.69, 9.17) is 5.73 Å². The highest BCUT2D eigenvalue weighted by Gasteiger charge is 2.30. The Hall–Kier alpha value is -1.56. The first-order chi connectivity index (χ1) is 8.20. The highest BCUT2D eigenvalue weighted by atomic mass is 19.4. The number of halogens is 3. The van der Waals surface area contributed by atoms with Crippen molar-refractivity contribution in [2.45, 2.75) is 26.1 Å². The summed E-state index contributed by atoms with van der Waals surface area (Å²) >= 11 is 0. The maximum Gasteiger partial charge on any atom is 0.401 e. The number of nitrogens with one attached hydrogen (secondary N) is 1. The predicted molar refractivity (Wildman–Crippen MR) is 61.9 cm³/mol. The van der Waals surface area contributed by atoms with Gasteiger partial charge in [0.05, 0.1) is 6.54 Å². The third-order valence-electron chi connectivity index (χ3n) is 2.66. The summed E-state index contributed by atoms with van der Waals surface area (Å²) in [5, 5.41) is 2.12. The fourth-order valence-electron chi connectivity index (χ4n) is 1.54. The van der Waals surface area contributed by atoms with Crippen LogP contribution >= 0.6 is 0 Å². The summed E-state index contributed by atoms with van der Waals surface area (Å²) < 4.78 is 36.4. The molecule has 1 atom stereocenters. The Kier molecular flexibility index (Phi) is 4.34. The Morgan fingerprint density at radius 1 is 1.33 bits per heavy atom. The van der Waals surface area contributed by atoms with Crippen molar-refractivity contribution in [2.75, 3.05) is 6.54 Å². The third-order valence-corrected chi connectivity index (χ3v) is 2.66. The summed E-state index contributed by atoms with van der Waals surface area (Å²) in [4.78, 5) is 11.2. The van der Waals surface area contributed by atoms with Crippen molar-refractivity contribution in [2.24, 2.45) is 5.73 Å². The molecular formula is C12H15F3N2O. The topological polar surface area (TPSA) is 55.1 Å². The normalized spacial score (nSPS) is 13.4. The number of amides is 1. The van der Waals surface area contributed by atoms with Gasteiger partial charge in [-0.2, -0.15) is 13.2 Å². The van der Waals surface area contributed by atoms with Crippen LogP contribution in [0.1, 0.15) is 22.7 Å². The van der Waals surface area contributed by atoms with Crippen molar-refractivity contribution in [3.8, 4) is 0 Å². The number of benzene rings is 1. The van der Waals surface area contributed by atoms with E-state index >= 15 is 0 Å². The Morgan fingerprint density at radius 3 is 2.39 bits per heavy atom. The van der Waals surface area contributed by atoms with Crippen molar-refractivity contribution in [3.05, 3.63) is 34.9 Å². The van der Waals surface area contributed by atoms with Crippen molar-refractivity contribution in [1.82, 2.24) is 5.32 Å². The van der Waals surface area contributed by atoms with Gasteiger partial charge in [0.1, 0.15) is 6.04 Å². The maximum atomic E-state index is 12.1. The highest BCUT2D eigenvalue weighted by molar-refractivity contribution is 5.81. The molecule has 100 valence electrons. The van der Waals surface area contributed by atoms with Crippen LogP contribution in [0.15, 0.2) is 18.2 Å². The molecule has 0 aliphatic rings. The van der Waals surface area contributed by atoms with Crippen LogP contribution < -0.4 is 11.1 Å². The van der Waals surface area contributed by atoms with Crippen LogP contribution in [0.4, 0.5) is 13.2 Å². The van der Waals surface area contributed by atoms with Crippen LogP contribution in [0, 0.1) is 13.8 Å². The summed E-state index contributed by atoms with van der Waals surface area (Å²) in [5.74, 6) is -0.831. The van der Waals surface area contributed by atoms with Gasteiger partial charge in [0.2, 0.25) is 5.91 Å². The number of carbonyl (C=O) groups excluding carboxylic acids is 1. The molecule has 3 nitrogen and oxygen atoms in total. The molecule has 18 heavy (non-hydrogen) atoms.